The Labute approximate surface area is 152 Å². The van der Waals surface area contributed by atoms with Crippen molar-refractivity contribution in [2.45, 2.75) is 11.9 Å². The highest BCUT2D eigenvalue weighted by atomic mass is 31.2. The van der Waals surface area contributed by atoms with Crippen LogP contribution in [-0.4, -0.2) is 16.1 Å². The molecule has 0 spiro atoms. The molecule has 0 saturated heterocycles. The molecule has 3 rings (SSSR count). The Hall–Kier alpha value is -2.59. The van der Waals surface area contributed by atoms with Crippen LogP contribution in [-0.2, 0) is 4.57 Å². The van der Waals surface area contributed by atoms with Crippen LogP contribution in [0.4, 0.5) is 0 Å². The highest BCUT2D eigenvalue weighted by Gasteiger charge is 2.43. The van der Waals surface area contributed by atoms with E-state index < -0.39 is 19.5 Å². The number of rotatable bonds is 7. The van der Waals surface area contributed by atoms with E-state index in [-0.39, 0.29) is 11.5 Å². The molecule has 0 aliphatic heterocycles. The summed E-state index contributed by atoms with van der Waals surface area (Å²) in [5.74, 6) is -1.23. The van der Waals surface area contributed by atoms with Crippen LogP contribution in [0.3, 0.4) is 0 Å². The summed E-state index contributed by atoms with van der Waals surface area (Å²) in [6.45, 7) is 0. The molecule has 0 radical (unpaired) electrons. The molecule has 3 aromatic rings. The van der Waals surface area contributed by atoms with Gasteiger partial charge in [-0.2, -0.15) is 0 Å². The maximum absolute atomic E-state index is 13.4. The van der Waals surface area contributed by atoms with E-state index in [0.29, 0.717) is 5.56 Å². The van der Waals surface area contributed by atoms with Crippen molar-refractivity contribution in [1.29, 1.82) is 0 Å². The first-order valence-electron chi connectivity index (χ1n) is 8.08. The lowest BCUT2D eigenvalue weighted by molar-refractivity contribution is 0.0534. The van der Waals surface area contributed by atoms with E-state index in [1.165, 1.54) is 0 Å². The highest BCUT2D eigenvalue weighted by Crippen LogP contribution is 2.55. The summed E-state index contributed by atoms with van der Waals surface area (Å²) >= 11 is 0. The van der Waals surface area contributed by atoms with Crippen molar-refractivity contribution in [3.8, 4) is 11.5 Å². The van der Waals surface area contributed by atoms with Gasteiger partial charge in [0.05, 0.1) is 0 Å². The minimum atomic E-state index is -4.17. The first-order chi connectivity index (χ1) is 12.6. The molecule has 0 unspecified atom stereocenters. The summed E-state index contributed by atoms with van der Waals surface area (Å²) in [5, 5.41) is 21.1. The van der Waals surface area contributed by atoms with Crippen LogP contribution in [0, 0.1) is 0 Å². The molecule has 5 nitrogen and oxygen atoms in total. The molecular weight excluding hydrogens is 351 g/mol. The Bertz CT molecular complexity index is 810. The zero-order valence-corrected chi connectivity index (χ0v) is 14.8. The van der Waals surface area contributed by atoms with Gasteiger partial charge in [0.2, 0.25) is 5.85 Å². The number of aliphatic hydroxyl groups excluding tert-OH is 2. The lowest BCUT2D eigenvalue weighted by Gasteiger charge is -2.27. The van der Waals surface area contributed by atoms with Gasteiger partial charge in [0.15, 0.2) is 0 Å². The van der Waals surface area contributed by atoms with Crippen molar-refractivity contribution >= 4 is 7.60 Å². The van der Waals surface area contributed by atoms with Crippen LogP contribution >= 0.6 is 7.60 Å². The van der Waals surface area contributed by atoms with Crippen molar-refractivity contribution in [1.82, 2.24) is 0 Å². The molecule has 0 aliphatic rings. The minimum absolute atomic E-state index is 0.270. The normalized spacial score (nSPS) is 13.6. The van der Waals surface area contributed by atoms with Gasteiger partial charge in [0.25, 0.3) is 0 Å². The van der Waals surface area contributed by atoms with Crippen molar-refractivity contribution in [2.24, 2.45) is 0 Å². The average Bonchev–Trinajstić information content (AvgIpc) is 2.69. The van der Waals surface area contributed by atoms with Crippen molar-refractivity contribution in [3.63, 3.8) is 0 Å². The minimum Gasteiger partial charge on any atom is -0.414 e. The van der Waals surface area contributed by atoms with E-state index >= 15 is 0 Å². The van der Waals surface area contributed by atoms with Gasteiger partial charge in [-0.15, -0.1) is 0 Å². The Morgan fingerprint density at radius 1 is 0.654 bits per heavy atom. The third kappa shape index (κ3) is 4.33. The molecule has 0 fully saturated rings. The molecule has 0 aliphatic carbocycles. The Morgan fingerprint density at radius 3 is 1.46 bits per heavy atom. The maximum Gasteiger partial charge on any atom is 0.462 e. The summed E-state index contributed by atoms with van der Waals surface area (Å²) in [6, 6.07) is 25.3. The summed E-state index contributed by atoms with van der Waals surface area (Å²) in [4.78, 5) is 0. The largest absolute Gasteiger partial charge is 0.462 e. The van der Waals surface area contributed by atoms with Gasteiger partial charge in [0.1, 0.15) is 17.6 Å². The van der Waals surface area contributed by atoms with Crippen LogP contribution < -0.4 is 9.05 Å². The first kappa shape index (κ1) is 18.2. The third-order valence-corrected chi connectivity index (χ3v) is 5.56. The predicted octanol–water partition coefficient (Wildman–Crippen LogP) is 4.39. The van der Waals surface area contributed by atoms with Crippen molar-refractivity contribution in [2.75, 3.05) is 0 Å². The number of benzene rings is 3. The smallest absolute Gasteiger partial charge is 0.414 e. The van der Waals surface area contributed by atoms with Crippen LogP contribution in [0.2, 0.25) is 0 Å². The van der Waals surface area contributed by atoms with E-state index in [9.17, 15) is 14.8 Å². The van der Waals surface area contributed by atoms with Gasteiger partial charge in [-0.3, -0.25) is 0 Å². The molecule has 0 bridgehead atoms. The zero-order valence-electron chi connectivity index (χ0n) is 13.9. The Kier molecular flexibility index (Phi) is 5.74. The Balaban J connectivity index is 1.92. The molecule has 6 heteroatoms. The second-order valence-corrected chi connectivity index (χ2v) is 7.59. The molecule has 3 aromatic carbocycles. The molecule has 2 N–H and O–H groups in total. The van der Waals surface area contributed by atoms with Crippen molar-refractivity contribution < 1.29 is 23.8 Å². The molecule has 0 aromatic heterocycles. The quantitative estimate of drug-likeness (QED) is 0.603. The zero-order chi connectivity index (χ0) is 18.4. The fourth-order valence-electron chi connectivity index (χ4n) is 2.38. The Morgan fingerprint density at radius 2 is 1.04 bits per heavy atom. The maximum atomic E-state index is 13.4. The fraction of sp³-hybridized carbons (Fsp3) is 0.100. The van der Waals surface area contributed by atoms with E-state index in [1.807, 2.05) is 0 Å². The van der Waals surface area contributed by atoms with E-state index in [2.05, 4.69) is 0 Å². The molecule has 2 atom stereocenters. The molecule has 26 heavy (non-hydrogen) atoms. The molecule has 134 valence electrons. The van der Waals surface area contributed by atoms with Crippen molar-refractivity contribution in [3.05, 3.63) is 96.6 Å². The number of aliphatic hydroxyl groups is 2. The van der Waals surface area contributed by atoms with Gasteiger partial charge in [0, 0.05) is 0 Å². The second kappa shape index (κ2) is 8.19. The molecular formula is C20H19O5P. The molecule has 0 heterocycles. The summed E-state index contributed by atoms with van der Waals surface area (Å²) < 4.78 is 24.5. The SMILES string of the molecule is O=P(Oc1ccccc1)(Oc1ccccc1)[C@H](O)[C@H](O)c1ccccc1. The summed E-state index contributed by atoms with van der Waals surface area (Å²) in [7, 11) is -4.17. The van der Waals surface area contributed by atoms with Gasteiger partial charge in [-0.1, -0.05) is 66.7 Å². The highest BCUT2D eigenvalue weighted by molar-refractivity contribution is 7.55. The number of hydrogen-bond donors (Lipinski definition) is 2. The first-order valence-corrected chi connectivity index (χ1v) is 9.70. The van der Waals surface area contributed by atoms with Gasteiger partial charge >= 0.3 is 7.60 Å². The van der Waals surface area contributed by atoms with Crippen LogP contribution in [0.1, 0.15) is 11.7 Å². The lowest BCUT2D eigenvalue weighted by atomic mass is 10.1. The van der Waals surface area contributed by atoms with Gasteiger partial charge in [-0.25, -0.2) is 4.57 Å². The topological polar surface area (TPSA) is 76.0 Å². The average molecular weight is 370 g/mol. The third-order valence-electron chi connectivity index (χ3n) is 3.70. The summed E-state index contributed by atoms with van der Waals surface area (Å²) in [5.41, 5.74) is 0.411. The van der Waals surface area contributed by atoms with Crippen LogP contribution in [0.15, 0.2) is 91.0 Å². The number of para-hydroxylation sites is 2. The van der Waals surface area contributed by atoms with Gasteiger partial charge in [-0.05, 0) is 29.8 Å². The van der Waals surface area contributed by atoms with E-state index in [0.717, 1.165) is 0 Å². The van der Waals surface area contributed by atoms with E-state index in [1.54, 1.807) is 91.0 Å². The standard InChI is InChI=1S/C20H19O5P/c21-19(16-10-4-1-5-11-16)20(22)26(23,24-17-12-6-2-7-13-17)25-18-14-8-3-9-15-18/h1-15,19-22H/t19-,20+/m1/s1. The van der Waals surface area contributed by atoms with Crippen LogP contribution in [0.25, 0.3) is 0 Å². The van der Waals surface area contributed by atoms with Crippen LogP contribution in [0.5, 0.6) is 11.5 Å². The predicted molar refractivity (Wildman–Crippen MR) is 99.2 cm³/mol. The second-order valence-electron chi connectivity index (χ2n) is 5.62. The molecule has 0 amide bonds. The number of hydrogen-bond acceptors (Lipinski definition) is 5. The van der Waals surface area contributed by atoms with E-state index in [4.69, 9.17) is 9.05 Å². The fourth-order valence-corrected chi connectivity index (χ4v) is 3.98. The lowest BCUT2D eigenvalue weighted by Crippen LogP contribution is -2.24. The molecule has 0 saturated carbocycles. The monoisotopic (exact) mass is 370 g/mol. The van der Waals surface area contributed by atoms with Gasteiger partial charge < -0.3 is 19.3 Å². The summed E-state index contributed by atoms with van der Waals surface area (Å²) in [6.07, 6.45) is -1.44.